The van der Waals surface area contributed by atoms with Crippen molar-refractivity contribution in [1.82, 2.24) is 5.32 Å². The second-order valence-electron chi connectivity index (χ2n) is 6.76. The molecule has 1 atom stereocenters. The molecule has 0 aliphatic heterocycles. The van der Waals surface area contributed by atoms with Crippen molar-refractivity contribution in [2.24, 2.45) is 11.8 Å². The fourth-order valence-corrected chi connectivity index (χ4v) is 3.32. The van der Waals surface area contributed by atoms with Gasteiger partial charge in [-0.05, 0) is 49.2 Å². The van der Waals surface area contributed by atoms with Gasteiger partial charge in [0.25, 0.3) is 0 Å². The lowest BCUT2D eigenvalue weighted by Crippen LogP contribution is -2.22. The molecular formula is C19H31N. The Balaban J connectivity index is 1.53. The second-order valence-corrected chi connectivity index (χ2v) is 6.76. The van der Waals surface area contributed by atoms with Crippen LogP contribution in [0.15, 0.2) is 30.3 Å². The van der Waals surface area contributed by atoms with Gasteiger partial charge in [0.1, 0.15) is 0 Å². The maximum absolute atomic E-state index is 3.64. The van der Waals surface area contributed by atoms with Gasteiger partial charge in [-0.15, -0.1) is 0 Å². The van der Waals surface area contributed by atoms with Gasteiger partial charge in [0.2, 0.25) is 0 Å². The third-order valence-electron chi connectivity index (χ3n) is 4.99. The smallest absolute Gasteiger partial charge is 0.00432 e. The molecule has 1 aliphatic carbocycles. The molecule has 0 bridgehead atoms. The van der Waals surface area contributed by atoms with E-state index in [9.17, 15) is 0 Å². The minimum Gasteiger partial charge on any atom is -0.317 e. The van der Waals surface area contributed by atoms with Crippen LogP contribution >= 0.6 is 0 Å². The van der Waals surface area contributed by atoms with Crippen LogP contribution in [0, 0.1) is 11.8 Å². The maximum Gasteiger partial charge on any atom is -0.00432 e. The normalized spacial score (nSPS) is 24.5. The van der Waals surface area contributed by atoms with Gasteiger partial charge < -0.3 is 5.32 Å². The molecule has 1 aliphatic rings. The summed E-state index contributed by atoms with van der Waals surface area (Å²) in [5, 5.41) is 3.64. The minimum absolute atomic E-state index is 0.666. The first kappa shape index (κ1) is 15.6. The standard InChI is InChI=1S/C19H31N/c1-16-8-10-18(11-9-16)13-15-20-14-12-17(2)19-6-4-3-5-7-19/h3-7,16-18,20H,8-15H2,1-2H3. The highest BCUT2D eigenvalue weighted by Crippen LogP contribution is 2.29. The van der Waals surface area contributed by atoms with E-state index in [1.807, 2.05) is 0 Å². The average molecular weight is 273 g/mol. The highest BCUT2D eigenvalue weighted by Gasteiger charge is 2.17. The molecule has 1 N–H and O–H groups in total. The Hall–Kier alpha value is -0.820. The monoisotopic (exact) mass is 273 g/mol. The maximum atomic E-state index is 3.64. The van der Waals surface area contributed by atoms with E-state index in [0.717, 1.165) is 18.4 Å². The van der Waals surface area contributed by atoms with E-state index in [4.69, 9.17) is 0 Å². The lowest BCUT2D eigenvalue weighted by molar-refractivity contribution is 0.275. The fourth-order valence-electron chi connectivity index (χ4n) is 3.32. The van der Waals surface area contributed by atoms with E-state index in [-0.39, 0.29) is 0 Å². The van der Waals surface area contributed by atoms with E-state index in [1.165, 1.54) is 50.6 Å². The molecule has 1 nitrogen and oxygen atoms in total. The fraction of sp³-hybridized carbons (Fsp3) is 0.684. The molecule has 2 rings (SSSR count). The summed E-state index contributed by atoms with van der Waals surface area (Å²) in [6, 6.07) is 10.9. The highest BCUT2D eigenvalue weighted by atomic mass is 14.8. The molecule has 1 saturated carbocycles. The third kappa shape index (κ3) is 5.28. The summed E-state index contributed by atoms with van der Waals surface area (Å²) in [5.41, 5.74) is 1.47. The van der Waals surface area contributed by atoms with Crippen LogP contribution < -0.4 is 5.32 Å². The van der Waals surface area contributed by atoms with Crippen LogP contribution in [0.3, 0.4) is 0 Å². The molecule has 0 amide bonds. The Labute approximate surface area is 125 Å². The molecule has 0 radical (unpaired) electrons. The summed E-state index contributed by atoms with van der Waals surface area (Å²) in [4.78, 5) is 0. The van der Waals surface area contributed by atoms with Crippen molar-refractivity contribution >= 4 is 0 Å². The molecule has 0 spiro atoms. The minimum atomic E-state index is 0.666. The number of hydrogen-bond acceptors (Lipinski definition) is 1. The quantitative estimate of drug-likeness (QED) is 0.690. The van der Waals surface area contributed by atoms with Crippen molar-refractivity contribution in [1.29, 1.82) is 0 Å². The summed E-state index contributed by atoms with van der Waals surface area (Å²) in [5.74, 6) is 2.63. The van der Waals surface area contributed by atoms with Gasteiger partial charge in [-0.1, -0.05) is 69.9 Å². The van der Waals surface area contributed by atoms with Crippen LogP contribution in [0.5, 0.6) is 0 Å². The largest absolute Gasteiger partial charge is 0.317 e. The molecule has 1 aromatic carbocycles. The van der Waals surface area contributed by atoms with Crippen LogP contribution in [0.2, 0.25) is 0 Å². The summed E-state index contributed by atoms with van der Waals surface area (Å²) < 4.78 is 0. The zero-order valence-corrected chi connectivity index (χ0v) is 13.3. The molecule has 112 valence electrons. The Morgan fingerprint density at radius 3 is 2.45 bits per heavy atom. The molecule has 0 heterocycles. The predicted molar refractivity (Wildman–Crippen MR) is 88.1 cm³/mol. The van der Waals surface area contributed by atoms with Crippen LogP contribution in [0.25, 0.3) is 0 Å². The van der Waals surface area contributed by atoms with E-state index >= 15 is 0 Å². The SMILES string of the molecule is CC1CCC(CCNCCC(C)c2ccccc2)CC1. The molecule has 1 heteroatoms. The van der Waals surface area contributed by atoms with Gasteiger partial charge in [-0.25, -0.2) is 0 Å². The van der Waals surface area contributed by atoms with Gasteiger partial charge in [-0.3, -0.25) is 0 Å². The van der Waals surface area contributed by atoms with Gasteiger partial charge in [0.05, 0.1) is 0 Å². The number of rotatable bonds is 7. The van der Waals surface area contributed by atoms with Crippen LogP contribution in [-0.2, 0) is 0 Å². The van der Waals surface area contributed by atoms with Crippen molar-refractivity contribution in [3.8, 4) is 0 Å². The van der Waals surface area contributed by atoms with E-state index in [0.29, 0.717) is 5.92 Å². The summed E-state index contributed by atoms with van der Waals surface area (Å²) >= 11 is 0. The third-order valence-corrected chi connectivity index (χ3v) is 4.99. The van der Waals surface area contributed by atoms with Crippen molar-refractivity contribution in [3.63, 3.8) is 0 Å². The molecule has 20 heavy (non-hydrogen) atoms. The summed E-state index contributed by atoms with van der Waals surface area (Å²) in [6.45, 7) is 7.10. The predicted octanol–water partition coefficient (Wildman–Crippen LogP) is 4.99. The first-order valence-electron chi connectivity index (χ1n) is 8.51. The number of nitrogens with one attached hydrogen (secondary N) is 1. The first-order chi connectivity index (χ1) is 9.75. The van der Waals surface area contributed by atoms with Gasteiger partial charge in [0, 0.05) is 0 Å². The lowest BCUT2D eigenvalue weighted by atomic mass is 9.81. The zero-order valence-electron chi connectivity index (χ0n) is 13.3. The van der Waals surface area contributed by atoms with Gasteiger partial charge in [0.15, 0.2) is 0 Å². The van der Waals surface area contributed by atoms with Crippen molar-refractivity contribution < 1.29 is 0 Å². The highest BCUT2D eigenvalue weighted by molar-refractivity contribution is 5.18. The Morgan fingerprint density at radius 2 is 1.75 bits per heavy atom. The lowest BCUT2D eigenvalue weighted by Gasteiger charge is -2.26. The Morgan fingerprint density at radius 1 is 1.05 bits per heavy atom. The second kappa shape index (κ2) is 8.46. The van der Waals surface area contributed by atoms with E-state index in [1.54, 1.807) is 0 Å². The van der Waals surface area contributed by atoms with Gasteiger partial charge >= 0.3 is 0 Å². The van der Waals surface area contributed by atoms with Crippen LogP contribution in [0.4, 0.5) is 0 Å². The zero-order chi connectivity index (χ0) is 14.2. The van der Waals surface area contributed by atoms with Crippen molar-refractivity contribution in [2.75, 3.05) is 13.1 Å². The summed E-state index contributed by atoms with van der Waals surface area (Å²) in [6.07, 6.45) is 8.45. The molecule has 0 saturated heterocycles. The number of benzene rings is 1. The van der Waals surface area contributed by atoms with Crippen LogP contribution in [0.1, 0.15) is 63.9 Å². The molecular weight excluding hydrogens is 242 g/mol. The molecule has 1 unspecified atom stereocenters. The summed E-state index contributed by atoms with van der Waals surface area (Å²) in [7, 11) is 0. The van der Waals surface area contributed by atoms with E-state index < -0.39 is 0 Å². The molecule has 0 aromatic heterocycles. The first-order valence-corrected chi connectivity index (χ1v) is 8.51. The molecule has 1 fully saturated rings. The van der Waals surface area contributed by atoms with E-state index in [2.05, 4.69) is 49.5 Å². The Bertz CT molecular complexity index is 351. The topological polar surface area (TPSA) is 12.0 Å². The van der Waals surface area contributed by atoms with Gasteiger partial charge in [-0.2, -0.15) is 0 Å². The number of hydrogen-bond donors (Lipinski definition) is 1. The molecule has 1 aromatic rings. The van der Waals surface area contributed by atoms with Crippen molar-refractivity contribution in [3.05, 3.63) is 35.9 Å². The van der Waals surface area contributed by atoms with Crippen LogP contribution in [-0.4, -0.2) is 13.1 Å². The van der Waals surface area contributed by atoms with Crippen molar-refractivity contribution in [2.45, 2.75) is 58.3 Å². The Kier molecular flexibility index (Phi) is 6.59. The average Bonchev–Trinajstić information content (AvgIpc) is 2.49.